The summed E-state index contributed by atoms with van der Waals surface area (Å²) in [6.07, 6.45) is 10.6. The quantitative estimate of drug-likeness (QED) is 0.403. The van der Waals surface area contributed by atoms with Crippen molar-refractivity contribution in [1.82, 2.24) is 4.90 Å². The first-order chi connectivity index (χ1) is 13.9. The molecule has 6 aliphatic rings. The zero-order valence-corrected chi connectivity index (χ0v) is 17.0. The summed E-state index contributed by atoms with van der Waals surface area (Å²) in [6.45, 7) is 1.26. The zero-order chi connectivity index (χ0) is 20.3. The lowest BCUT2D eigenvalue weighted by Crippen LogP contribution is -2.53. The molecule has 1 aliphatic heterocycles. The van der Waals surface area contributed by atoms with Crippen LogP contribution in [0.2, 0.25) is 0 Å². The van der Waals surface area contributed by atoms with Crippen molar-refractivity contribution in [3.63, 3.8) is 0 Å². The van der Waals surface area contributed by atoms with E-state index in [0.29, 0.717) is 30.6 Å². The largest absolute Gasteiger partial charge is 0.453 e. The van der Waals surface area contributed by atoms with Crippen molar-refractivity contribution in [2.75, 3.05) is 6.54 Å². The fourth-order valence-electron chi connectivity index (χ4n) is 7.29. The van der Waals surface area contributed by atoms with Crippen molar-refractivity contribution >= 4 is 23.6 Å². The molecule has 6 heteroatoms. The van der Waals surface area contributed by atoms with Crippen molar-refractivity contribution in [2.45, 2.75) is 64.4 Å². The number of rotatable bonds is 5. The number of Topliss-reactive ketones (excluding diaryl/α,β-unsaturated/α-hetero) is 1. The number of ketones is 1. The van der Waals surface area contributed by atoms with E-state index < -0.39 is 12.1 Å². The molecule has 29 heavy (non-hydrogen) atoms. The van der Waals surface area contributed by atoms with Gasteiger partial charge >= 0.3 is 5.97 Å². The highest BCUT2D eigenvalue weighted by Gasteiger charge is 2.55. The van der Waals surface area contributed by atoms with Gasteiger partial charge in [0, 0.05) is 5.41 Å². The van der Waals surface area contributed by atoms with Gasteiger partial charge in [-0.1, -0.05) is 12.2 Å². The van der Waals surface area contributed by atoms with Gasteiger partial charge in [0.25, 0.3) is 0 Å². The summed E-state index contributed by atoms with van der Waals surface area (Å²) < 4.78 is 5.46. The highest BCUT2D eigenvalue weighted by atomic mass is 16.5. The number of hydrogen-bond acceptors (Lipinski definition) is 5. The van der Waals surface area contributed by atoms with Gasteiger partial charge in [-0.15, -0.1) is 0 Å². The van der Waals surface area contributed by atoms with E-state index in [-0.39, 0.29) is 41.4 Å². The molecule has 1 saturated heterocycles. The van der Waals surface area contributed by atoms with Crippen molar-refractivity contribution < 1.29 is 23.9 Å². The van der Waals surface area contributed by atoms with E-state index in [9.17, 15) is 19.2 Å². The number of fused-ring (bicyclic) bond motifs is 1. The molecule has 0 radical (unpaired) electrons. The van der Waals surface area contributed by atoms with Crippen LogP contribution in [0.5, 0.6) is 0 Å². The van der Waals surface area contributed by atoms with E-state index in [4.69, 9.17) is 4.74 Å². The molecular formula is C23H29NO5. The summed E-state index contributed by atoms with van der Waals surface area (Å²) in [4.78, 5) is 51.9. The van der Waals surface area contributed by atoms with Gasteiger partial charge < -0.3 is 4.74 Å². The number of hydrogen-bond donors (Lipinski definition) is 0. The van der Waals surface area contributed by atoms with Crippen LogP contribution < -0.4 is 0 Å². The van der Waals surface area contributed by atoms with Crippen LogP contribution >= 0.6 is 0 Å². The Morgan fingerprint density at radius 3 is 1.97 bits per heavy atom. The van der Waals surface area contributed by atoms with E-state index in [1.807, 2.05) is 12.2 Å². The van der Waals surface area contributed by atoms with Crippen LogP contribution in [0.25, 0.3) is 0 Å². The predicted octanol–water partition coefficient (Wildman–Crippen LogP) is 2.65. The van der Waals surface area contributed by atoms with Gasteiger partial charge in [-0.25, -0.2) is 0 Å². The second-order valence-corrected chi connectivity index (χ2v) is 10.1. The SMILES string of the molecule is C[C@@H](OC(=O)CN1C(=O)[C@H]2CC=CC[C@@H]2C1=O)C(=O)C12CC3CC(CC(C3)C1)C2. The number of carbonyl (C=O) groups excluding carboxylic acids is 4. The molecule has 3 atom stereocenters. The number of ether oxygens (including phenoxy) is 1. The maximum atomic E-state index is 13.3. The van der Waals surface area contributed by atoms with Crippen LogP contribution in [0.3, 0.4) is 0 Å². The third-order valence-corrected chi connectivity index (χ3v) is 8.12. The number of imide groups is 1. The van der Waals surface area contributed by atoms with Gasteiger partial charge in [-0.2, -0.15) is 0 Å². The predicted molar refractivity (Wildman–Crippen MR) is 103 cm³/mol. The Morgan fingerprint density at radius 1 is 1.00 bits per heavy atom. The molecule has 5 fully saturated rings. The highest BCUT2D eigenvalue weighted by molar-refractivity contribution is 6.07. The molecule has 4 saturated carbocycles. The van der Waals surface area contributed by atoms with Crippen LogP contribution in [0.15, 0.2) is 12.2 Å². The van der Waals surface area contributed by atoms with Crippen LogP contribution in [0.1, 0.15) is 58.3 Å². The lowest BCUT2D eigenvalue weighted by atomic mass is 9.48. The summed E-state index contributed by atoms with van der Waals surface area (Å²) in [7, 11) is 0. The maximum Gasteiger partial charge on any atom is 0.326 e. The van der Waals surface area contributed by atoms with Gasteiger partial charge in [0.1, 0.15) is 6.54 Å². The first-order valence-electron chi connectivity index (χ1n) is 11.1. The monoisotopic (exact) mass is 399 g/mol. The number of esters is 1. The molecule has 6 nitrogen and oxygen atoms in total. The van der Waals surface area contributed by atoms with E-state index in [0.717, 1.165) is 24.2 Å². The summed E-state index contributed by atoms with van der Waals surface area (Å²) in [6, 6.07) is 0. The normalized spacial score (nSPS) is 40.9. The van der Waals surface area contributed by atoms with Gasteiger partial charge in [0.2, 0.25) is 11.8 Å². The Kier molecular flexibility index (Phi) is 4.44. The summed E-state index contributed by atoms with van der Waals surface area (Å²) in [5.74, 6) is 0.0194. The fourth-order valence-corrected chi connectivity index (χ4v) is 7.29. The zero-order valence-electron chi connectivity index (χ0n) is 17.0. The van der Waals surface area contributed by atoms with Crippen molar-refractivity contribution in [1.29, 1.82) is 0 Å². The second kappa shape index (κ2) is 6.78. The summed E-state index contributed by atoms with van der Waals surface area (Å²) in [5, 5.41) is 0. The molecule has 1 heterocycles. The number of allylic oxidation sites excluding steroid dienone is 2. The molecular weight excluding hydrogens is 370 g/mol. The van der Waals surface area contributed by atoms with E-state index in [1.54, 1.807) is 6.92 Å². The van der Waals surface area contributed by atoms with Gasteiger partial charge in [0.05, 0.1) is 11.8 Å². The third kappa shape index (κ3) is 3.06. The average molecular weight is 399 g/mol. The lowest BCUT2D eigenvalue weighted by molar-refractivity contribution is -0.167. The van der Waals surface area contributed by atoms with Crippen LogP contribution in [-0.4, -0.2) is 41.1 Å². The Labute approximate surface area is 171 Å². The fraction of sp³-hybridized carbons (Fsp3) is 0.739. The molecule has 0 aromatic carbocycles. The van der Waals surface area contributed by atoms with Crippen LogP contribution in [0, 0.1) is 35.0 Å². The topological polar surface area (TPSA) is 80.8 Å². The minimum Gasteiger partial charge on any atom is -0.453 e. The molecule has 156 valence electrons. The number of nitrogens with zero attached hydrogens (tertiary/aromatic N) is 1. The summed E-state index contributed by atoms with van der Waals surface area (Å²) in [5.41, 5.74) is -0.325. The van der Waals surface area contributed by atoms with Crippen LogP contribution in [-0.2, 0) is 23.9 Å². The van der Waals surface area contributed by atoms with Crippen molar-refractivity contribution in [3.8, 4) is 0 Å². The molecule has 0 N–H and O–H groups in total. The van der Waals surface area contributed by atoms with E-state index in [1.165, 1.54) is 19.3 Å². The Morgan fingerprint density at radius 2 is 1.48 bits per heavy atom. The maximum absolute atomic E-state index is 13.3. The minimum absolute atomic E-state index is 0.0434. The van der Waals surface area contributed by atoms with Gasteiger partial charge in [0.15, 0.2) is 11.9 Å². The van der Waals surface area contributed by atoms with E-state index >= 15 is 0 Å². The highest BCUT2D eigenvalue weighted by Crippen LogP contribution is 2.60. The third-order valence-electron chi connectivity index (χ3n) is 8.12. The molecule has 0 aromatic rings. The smallest absolute Gasteiger partial charge is 0.326 e. The first kappa shape index (κ1) is 19.0. The van der Waals surface area contributed by atoms with E-state index in [2.05, 4.69) is 0 Å². The number of carbonyl (C=O) groups is 4. The Balaban J connectivity index is 1.22. The van der Waals surface area contributed by atoms with Crippen molar-refractivity contribution in [3.05, 3.63) is 12.2 Å². The van der Waals surface area contributed by atoms with Crippen molar-refractivity contribution in [2.24, 2.45) is 35.0 Å². The second-order valence-electron chi connectivity index (χ2n) is 10.1. The van der Waals surface area contributed by atoms with Gasteiger partial charge in [-0.05, 0) is 76.0 Å². The molecule has 2 amide bonds. The molecule has 0 unspecified atom stereocenters. The molecule has 6 rings (SSSR count). The number of likely N-dealkylation sites (tertiary alicyclic amines) is 1. The Hall–Kier alpha value is -1.98. The standard InChI is InChI=1S/C23H29NO5/c1-13(20(26)23-9-14-6-15(10-23)8-16(7-14)11-23)29-19(25)12-24-21(27)17-4-2-3-5-18(17)22(24)28/h2-3,13-18H,4-12H2,1H3/t13-,14?,15?,16?,17+,18+,23?/m1/s1. The molecule has 4 bridgehead atoms. The lowest BCUT2D eigenvalue weighted by Gasteiger charge is -2.56. The summed E-state index contributed by atoms with van der Waals surface area (Å²) >= 11 is 0. The molecule has 5 aliphatic carbocycles. The number of amides is 2. The minimum atomic E-state index is -0.824. The Bertz CT molecular complexity index is 738. The van der Waals surface area contributed by atoms with Gasteiger partial charge in [-0.3, -0.25) is 24.1 Å². The molecule has 0 aromatic heterocycles. The first-order valence-corrected chi connectivity index (χ1v) is 11.1. The van der Waals surface area contributed by atoms with Crippen LogP contribution in [0.4, 0.5) is 0 Å². The average Bonchev–Trinajstić information content (AvgIpc) is 2.91. The molecule has 0 spiro atoms.